The molecule has 2 N–H and O–H groups in total. The molecule has 3 aromatic rings. The van der Waals surface area contributed by atoms with Gasteiger partial charge in [-0.15, -0.1) is 0 Å². The molecule has 1 amide bonds. The highest BCUT2D eigenvalue weighted by atomic mass is 19.1. The van der Waals surface area contributed by atoms with Crippen LogP contribution in [0, 0.1) is 12.7 Å². The number of hydrogen-bond acceptors (Lipinski definition) is 6. The zero-order chi connectivity index (χ0) is 23.2. The van der Waals surface area contributed by atoms with Crippen LogP contribution in [0.25, 0.3) is 10.9 Å². The highest BCUT2D eigenvalue weighted by molar-refractivity contribution is 6.03. The van der Waals surface area contributed by atoms with E-state index in [0.717, 1.165) is 19.6 Å². The van der Waals surface area contributed by atoms with Gasteiger partial charge >= 0.3 is 0 Å². The fourth-order valence-corrected chi connectivity index (χ4v) is 3.93. The number of amides is 1. The molecule has 1 aliphatic rings. The van der Waals surface area contributed by atoms with Crippen molar-refractivity contribution in [2.24, 2.45) is 0 Å². The van der Waals surface area contributed by atoms with Crippen molar-refractivity contribution in [3.63, 3.8) is 0 Å². The Morgan fingerprint density at radius 2 is 2.00 bits per heavy atom. The maximum atomic E-state index is 13.6. The highest BCUT2D eigenvalue weighted by Crippen LogP contribution is 2.33. The van der Waals surface area contributed by atoms with Gasteiger partial charge in [-0.25, -0.2) is 14.4 Å². The number of nitrogens with zero attached hydrogens (tertiary/aromatic N) is 3. The SMILES string of the molecule is COc1cc2ncnc(Nc3ccc(F)c(C)c3)c2cc1NC(=O)/C=C/CN1CCCCC1. The van der Waals surface area contributed by atoms with Gasteiger partial charge in [0.15, 0.2) is 0 Å². The minimum absolute atomic E-state index is 0.231. The molecule has 0 unspecified atom stereocenters. The first-order valence-corrected chi connectivity index (χ1v) is 11.1. The zero-order valence-corrected chi connectivity index (χ0v) is 18.9. The van der Waals surface area contributed by atoms with Crippen molar-refractivity contribution in [1.29, 1.82) is 0 Å². The predicted molar refractivity (Wildman–Crippen MR) is 129 cm³/mol. The lowest BCUT2D eigenvalue weighted by atomic mass is 10.1. The second-order valence-electron chi connectivity index (χ2n) is 8.13. The number of methoxy groups -OCH3 is 1. The highest BCUT2D eigenvalue weighted by Gasteiger charge is 2.13. The van der Waals surface area contributed by atoms with Crippen molar-refractivity contribution in [3.8, 4) is 5.75 Å². The van der Waals surface area contributed by atoms with Crippen molar-refractivity contribution in [3.05, 3.63) is 60.2 Å². The number of aromatic nitrogens is 2. The first-order chi connectivity index (χ1) is 16.0. The van der Waals surface area contributed by atoms with Crippen LogP contribution in [0.4, 0.5) is 21.6 Å². The van der Waals surface area contributed by atoms with Gasteiger partial charge in [0.2, 0.25) is 5.91 Å². The summed E-state index contributed by atoms with van der Waals surface area (Å²) in [5.74, 6) is 0.550. The molecule has 0 spiro atoms. The number of piperidine rings is 1. The Kier molecular flexibility index (Phi) is 7.14. The first-order valence-electron chi connectivity index (χ1n) is 11.1. The maximum Gasteiger partial charge on any atom is 0.248 e. The Bertz CT molecular complexity index is 1170. The maximum absolute atomic E-state index is 13.6. The van der Waals surface area contributed by atoms with Crippen molar-refractivity contribution in [2.45, 2.75) is 26.2 Å². The van der Waals surface area contributed by atoms with E-state index in [4.69, 9.17) is 4.74 Å². The van der Waals surface area contributed by atoms with Crippen LogP contribution in [-0.4, -0.2) is 47.5 Å². The van der Waals surface area contributed by atoms with E-state index >= 15 is 0 Å². The number of carbonyl (C=O) groups is 1. The summed E-state index contributed by atoms with van der Waals surface area (Å²) in [6.07, 6.45) is 8.60. The minimum atomic E-state index is -0.267. The average molecular weight is 450 g/mol. The Balaban J connectivity index is 1.55. The van der Waals surface area contributed by atoms with Gasteiger partial charge < -0.3 is 15.4 Å². The normalized spacial score (nSPS) is 14.5. The molecule has 0 atom stereocenters. The van der Waals surface area contributed by atoms with Crippen LogP contribution < -0.4 is 15.4 Å². The van der Waals surface area contributed by atoms with E-state index in [1.54, 1.807) is 44.4 Å². The van der Waals surface area contributed by atoms with E-state index in [1.807, 2.05) is 6.08 Å². The van der Waals surface area contributed by atoms with Gasteiger partial charge in [-0.2, -0.15) is 0 Å². The van der Waals surface area contributed by atoms with Crippen molar-refractivity contribution < 1.29 is 13.9 Å². The number of halogens is 1. The van der Waals surface area contributed by atoms with Gasteiger partial charge in [0.25, 0.3) is 0 Å². The predicted octanol–water partition coefficient (Wildman–Crippen LogP) is 4.81. The fraction of sp³-hybridized carbons (Fsp3) is 0.320. The number of fused-ring (bicyclic) bond motifs is 1. The second kappa shape index (κ2) is 10.4. The summed E-state index contributed by atoms with van der Waals surface area (Å²) in [5, 5.41) is 6.81. The van der Waals surface area contributed by atoms with E-state index in [2.05, 4.69) is 25.5 Å². The molecular weight excluding hydrogens is 421 g/mol. The lowest BCUT2D eigenvalue weighted by molar-refractivity contribution is -0.111. The summed E-state index contributed by atoms with van der Waals surface area (Å²) in [6.45, 7) is 4.62. The molecule has 0 bridgehead atoms. The largest absolute Gasteiger partial charge is 0.494 e. The molecule has 1 fully saturated rings. The van der Waals surface area contributed by atoms with Crippen molar-refractivity contribution in [2.75, 3.05) is 37.4 Å². The quantitative estimate of drug-likeness (QED) is 0.504. The summed E-state index contributed by atoms with van der Waals surface area (Å²) >= 11 is 0. The Hall–Kier alpha value is -3.52. The molecule has 1 saturated heterocycles. The monoisotopic (exact) mass is 449 g/mol. The van der Waals surface area contributed by atoms with Crippen LogP contribution in [0.1, 0.15) is 24.8 Å². The molecule has 0 aliphatic carbocycles. The molecule has 7 nitrogen and oxygen atoms in total. The van der Waals surface area contributed by atoms with Crippen molar-refractivity contribution >= 4 is 34.0 Å². The zero-order valence-electron chi connectivity index (χ0n) is 18.9. The molecule has 2 heterocycles. The van der Waals surface area contributed by atoms with Crippen LogP contribution in [0.3, 0.4) is 0 Å². The summed E-state index contributed by atoms with van der Waals surface area (Å²) in [7, 11) is 1.55. The summed E-state index contributed by atoms with van der Waals surface area (Å²) in [4.78, 5) is 23.6. The van der Waals surface area contributed by atoms with Gasteiger partial charge in [0, 0.05) is 29.8 Å². The molecule has 4 rings (SSSR count). The van der Waals surface area contributed by atoms with Gasteiger partial charge in [0.1, 0.15) is 23.7 Å². The third kappa shape index (κ3) is 5.64. The van der Waals surface area contributed by atoms with Crippen LogP contribution in [0.2, 0.25) is 0 Å². The summed E-state index contributed by atoms with van der Waals surface area (Å²) < 4.78 is 19.1. The van der Waals surface area contributed by atoms with E-state index in [-0.39, 0.29) is 11.7 Å². The number of anilines is 3. The lowest BCUT2D eigenvalue weighted by Crippen LogP contribution is -2.29. The number of carbonyl (C=O) groups excluding carboxylic acids is 1. The van der Waals surface area contributed by atoms with E-state index in [1.165, 1.54) is 31.7 Å². The van der Waals surface area contributed by atoms with Gasteiger partial charge in [0.05, 0.1) is 18.3 Å². The second-order valence-corrected chi connectivity index (χ2v) is 8.13. The lowest BCUT2D eigenvalue weighted by Gasteiger charge is -2.24. The molecule has 1 aliphatic heterocycles. The van der Waals surface area contributed by atoms with Crippen molar-refractivity contribution in [1.82, 2.24) is 14.9 Å². The smallest absolute Gasteiger partial charge is 0.248 e. The van der Waals surface area contributed by atoms with E-state index < -0.39 is 0 Å². The van der Waals surface area contributed by atoms with E-state index in [0.29, 0.717) is 39.4 Å². The average Bonchev–Trinajstić information content (AvgIpc) is 2.82. The number of likely N-dealkylation sites (tertiary alicyclic amines) is 1. The molecular formula is C25H28FN5O2. The van der Waals surface area contributed by atoms with Crippen LogP contribution in [0.15, 0.2) is 48.8 Å². The fourth-order valence-electron chi connectivity index (χ4n) is 3.93. The van der Waals surface area contributed by atoms with E-state index in [9.17, 15) is 9.18 Å². The number of nitrogens with one attached hydrogen (secondary N) is 2. The Morgan fingerprint density at radius 1 is 1.18 bits per heavy atom. The molecule has 2 aromatic carbocycles. The molecule has 0 radical (unpaired) electrons. The van der Waals surface area contributed by atoms with Gasteiger partial charge in [-0.1, -0.05) is 12.5 Å². The van der Waals surface area contributed by atoms with Gasteiger partial charge in [-0.3, -0.25) is 9.69 Å². The standard InChI is InChI=1S/C25H28FN5O2/c1-17-13-18(8-9-20(17)26)29-25-19-14-22(23(33-2)15-21(19)27-16-28-25)30-24(32)7-6-12-31-10-4-3-5-11-31/h6-9,13-16H,3-5,10-12H2,1-2H3,(H,30,32)(H,27,28,29)/b7-6+. The Morgan fingerprint density at radius 3 is 2.76 bits per heavy atom. The number of ether oxygens (including phenoxy) is 1. The third-order valence-electron chi connectivity index (χ3n) is 5.72. The van der Waals surface area contributed by atoms with Gasteiger partial charge in [-0.05, 0) is 62.7 Å². The molecule has 0 saturated carbocycles. The number of benzene rings is 2. The molecule has 1 aromatic heterocycles. The van der Waals surface area contributed by atoms with Crippen LogP contribution in [0.5, 0.6) is 5.75 Å². The summed E-state index contributed by atoms with van der Waals surface area (Å²) in [6, 6.07) is 8.30. The van der Waals surface area contributed by atoms with Crippen LogP contribution in [-0.2, 0) is 4.79 Å². The number of aryl methyl sites for hydroxylation is 1. The van der Waals surface area contributed by atoms with Crippen LogP contribution >= 0.6 is 0 Å². The topological polar surface area (TPSA) is 79.4 Å². The summed E-state index contributed by atoms with van der Waals surface area (Å²) in [5.41, 5.74) is 2.41. The molecule has 172 valence electrons. The number of hydrogen-bond donors (Lipinski definition) is 2. The minimum Gasteiger partial charge on any atom is -0.494 e. The number of rotatable bonds is 7. The first kappa shape index (κ1) is 22.7. The molecule has 8 heteroatoms. The third-order valence-corrected chi connectivity index (χ3v) is 5.72. The molecule has 33 heavy (non-hydrogen) atoms. The Labute approximate surface area is 192 Å².